The molecule has 2 heteroatoms. The van der Waals surface area contributed by atoms with E-state index in [4.69, 9.17) is 0 Å². The number of benzene rings is 2. The Bertz CT molecular complexity index is 625. The van der Waals surface area contributed by atoms with E-state index < -0.39 is 0 Å². The summed E-state index contributed by atoms with van der Waals surface area (Å²) in [5.41, 5.74) is 2.85. The van der Waals surface area contributed by atoms with Crippen molar-refractivity contribution in [3.8, 4) is 0 Å². The fraction of sp³-hybridized carbons (Fsp3) is 0.524. The van der Waals surface area contributed by atoms with Crippen LogP contribution in [0, 0.1) is 0 Å². The van der Waals surface area contributed by atoms with Gasteiger partial charge in [0.25, 0.3) is 0 Å². The van der Waals surface area contributed by atoms with Crippen LogP contribution in [0.3, 0.4) is 0 Å². The van der Waals surface area contributed by atoms with E-state index in [1.807, 2.05) is 0 Å². The van der Waals surface area contributed by atoms with Gasteiger partial charge in [-0.2, -0.15) is 0 Å². The second-order valence-corrected chi connectivity index (χ2v) is 6.68. The van der Waals surface area contributed by atoms with Gasteiger partial charge in [0.1, 0.15) is 0 Å². The molecule has 0 bridgehead atoms. The van der Waals surface area contributed by atoms with Gasteiger partial charge in [0.15, 0.2) is 0 Å². The summed E-state index contributed by atoms with van der Waals surface area (Å²) in [4.78, 5) is 2.46. The molecule has 124 valence electrons. The second-order valence-electron chi connectivity index (χ2n) is 6.68. The van der Waals surface area contributed by atoms with Crippen molar-refractivity contribution in [2.75, 3.05) is 31.5 Å². The van der Waals surface area contributed by atoms with Crippen molar-refractivity contribution in [1.82, 2.24) is 4.90 Å². The second kappa shape index (κ2) is 7.83. The van der Waals surface area contributed by atoms with Crippen LogP contribution >= 0.6 is 0 Å². The molecule has 0 amide bonds. The van der Waals surface area contributed by atoms with Gasteiger partial charge in [-0.15, -0.1) is 0 Å². The van der Waals surface area contributed by atoms with Gasteiger partial charge in [-0.1, -0.05) is 57.0 Å². The molecule has 1 aliphatic carbocycles. The molecule has 1 N–H and O–H groups in total. The molecule has 2 aromatic carbocycles. The summed E-state index contributed by atoms with van der Waals surface area (Å²) < 4.78 is 0. The zero-order valence-corrected chi connectivity index (χ0v) is 14.6. The minimum absolute atomic E-state index is 0.768. The van der Waals surface area contributed by atoms with E-state index in [1.54, 1.807) is 5.56 Å². The van der Waals surface area contributed by atoms with Crippen LogP contribution in [0.2, 0.25) is 0 Å². The van der Waals surface area contributed by atoms with Crippen LogP contribution in [0.25, 0.3) is 10.8 Å². The summed E-state index contributed by atoms with van der Waals surface area (Å²) in [5.74, 6) is 0.768. The fourth-order valence-electron chi connectivity index (χ4n) is 3.96. The Labute approximate surface area is 140 Å². The molecular weight excluding hydrogens is 280 g/mol. The topological polar surface area (TPSA) is 15.3 Å². The third-order valence-corrected chi connectivity index (χ3v) is 5.39. The van der Waals surface area contributed by atoms with Crippen LogP contribution in [0.4, 0.5) is 5.69 Å². The van der Waals surface area contributed by atoms with Gasteiger partial charge in [-0.25, -0.2) is 0 Å². The number of fused-ring (bicyclic) bond motifs is 1. The molecule has 0 aliphatic heterocycles. The number of hydrogen-bond acceptors (Lipinski definition) is 2. The first-order valence-corrected chi connectivity index (χ1v) is 9.31. The van der Waals surface area contributed by atoms with Crippen LogP contribution < -0.4 is 5.32 Å². The molecule has 0 saturated heterocycles. The predicted molar refractivity (Wildman–Crippen MR) is 101 cm³/mol. The fourth-order valence-corrected chi connectivity index (χ4v) is 3.96. The van der Waals surface area contributed by atoms with Crippen molar-refractivity contribution >= 4 is 16.5 Å². The van der Waals surface area contributed by atoms with Gasteiger partial charge in [0, 0.05) is 24.2 Å². The normalized spacial score (nSPS) is 15.6. The van der Waals surface area contributed by atoms with E-state index in [1.165, 1.54) is 42.1 Å². The molecule has 23 heavy (non-hydrogen) atoms. The molecule has 0 aromatic heterocycles. The van der Waals surface area contributed by atoms with Gasteiger partial charge < -0.3 is 10.2 Å². The summed E-state index contributed by atoms with van der Waals surface area (Å²) in [6.07, 6.45) is 5.50. The lowest BCUT2D eigenvalue weighted by Crippen LogP contribution is -2.28. The highest BCUT2D eigenvalue weighted by Crippen LogP contribution is 2.39. The zero-order valence-electron chi connectivity index (χ0n) is 14.6. The van der Waals surface area contributed by atoms with E-state index in [9.17, 15) is 0 Å². The van der Waals surface area contributed by atoms with Gasteiger partial charge in [0.2, 0.25) is 0 Å². The van der Waals surface area contributed by atoms with Gasteiger partial charge in [-0.3, -0.25) is 0 Å². The minimum atomic E-state index is 0.768. The molecule has 0 atom stereocenters. The van der Waals surface area contributed by atoms with E-state index in [2.05, 4.69) is 60.5 Å². The van der Waals surface area contributed by atoms with Crippen LogP contribution in [0.15, 0.2) is 36.4 Å². The van der Waals surface area contributed by atoms with Crippen LogP contribution in [0.1, 0.15) is 51.0 Å². The SMILES string of the molecule is CCN(CC)CCNc1ccc(C2CCCC2)c2ccccc12. The van der Waals surface area contributed by atoms with Crippen molar-refractivity contribution in [2.45, 2.75) is 45.4 Å². The lowest BCUT2D eigenvalue weighted by Gasteiger charge is -2.20. The third-order valence-electron chi connectivity index (χ3n) is 5.39. The van der Waals surface area contributed by atoms with Gasteiger partial charge in [0.05, 0.1) is 0 Å². The number of likely N-dealkylation sites (N-methyl/N-ethyl adjacent to an activating group) is 1. The molecule has 0 spiro atoms. The lowest BCUT2D eigenvalue weighted by molar-refractivity contribution is 0.316. The summed E-state index contributed by atoms with van der Waals surface area (Å²) >= 11 is 0. The van der Waals surface area contributed by atoms with Crippen molar-refractivity contribution in [2.24, 2.45) is 0 Å². The average molecular weight is 310 g/mol. The Kier molecular flexibility index (Phi) is 5.56. The zero-order chi connectivity index (χ0) is 16.1. The number of rotatable bonds is 7. The average Bonchev–Trinajstić information content (AvgIpc) is 3.13. The molecule has 2 aromatic rings. The molecule has 1 fully saturated rings. The number of nitrogens with one attached hydrogen (secondary N) is 1. The molecule has 0 radical (unpaired) electrons. The highest BCUT2D eigenvalue weighted by atomic mass is 15.1. The highest BCUT2D eigenvalue weighted by Gasteiger charge is 2.19. The standard InChI is InChI=1S/C21H30N2/c1-3-23(4-2)16-15-22-21-14-13-18(17-9-5-6-10-17)19-11-7-8-12-20(19)21/h7-8,11-14,17,22H,3-6,9-10,15-16H2,1-2H3. The quantitative estimate of drug-likeness (QED) is 0.751. The Hall–Kier alpha value is -1.54. The van der Waals surface area contributed by atoms with Crippen molar-refractivity contribution < 1.29 is 0 Å². The largest absolute Gasteiger partial charge is 0.383 e. The van der Waals surface area contributed by atoms with Crippen molar-refractivity contribution in [3.05, 3.63) is 42.0 Å². The Balaban J connectivity index is 1.80. The third kappa shape index (κ3) is 3.69. The number of nitrogens with zero attached hydrogens (tertiary/aromatic N) is 1. The van der Waals surface area contributed by atoms with E-state index >= 15 is 0 Å². The van der Waals surface area contributed by atoms with E-state index in [-0.39, 0.29) is 0 Å². The number of hydrogen-bond donors (Lipinski definition) is 1. The first-order valence-electron chi connectivity index (χ1n) is 9.31. The Morgan fingerprint density at radius 3 is 2.35 bits per heavy atom. The summed E-state index contributed by atoms with van der Waals surface area (Å²) in [6.45, 7) is 8.82. The van der Waals surface area contributed by atoms with Crippen molar-refractivity contribution in [1.29, 1.82) is 0 Å². The van der Waals surface area contributed by atoms with Crippen molar-refractivity contribution in [3.63, 3.8) is 0 Å². The van der Waals surface area contributed by atoms with Gasteiger partial charge in [-0.05, 0) is 48.9 Å². The van der Waals surface area contributed by atoms with E-state index in [0.717, 1.165) is 32.1 Å². The molecule has 1 saturated carbocycles. The maximum absolute atomic E-state index is 3.66. The molecule has 1 aliphatic rings. The first-order chi connectivity index (χ1) is 11.3. The summed E-state index contributed by atoms with van der Waals surface area (Å²) in [5, 5.41) is 6.50. The molecule has 0 unspecified atom stereocenters. The Morgan fingerprint density at radius 2 is 1.65 bits per heavy atom. The summed E-state index contributed by atoms with van der Waals surface area (Å²) in [6, 6.07) is 13.6. The molecular formula is C21H30N2. The first kappa shape index (κ1) is 16.3. The lowest BCUT2D eigenvalue weighted by atomic mass is 9.91. The smallest absolute Gasteiger partial charge is 0.0420 e. The molecule has 0 heterocycles. The van der Waals surface area contributed by atoms with E-state index in [0.29, 0.717) is 0 Å². The molecule has 3 rings (SSSR count). The van der Waals surface area contributed by atoms with Crippen LogP contribution in [-0.4, -0.2) is 31.1 Å². The minimum Gasteiger partial charge on any atom is -0.383 e. The maximum atomic E-state index is 3.66. The van der Waals surface area contributed by atoms with Crippen LogP contribution in [-0.2, 0) is 0 Å². The monoisotopic (exact) mass is 310 g/mol. The summed E-state index contributed by atoms with van der Waals surface area (Å²) in [7, 11) is 0. The maximum Gasteiger partial charge on any atom is 0.0420 e. The molecule has 2 nitrogen and oxygen atoms in total. The number of anilines is 1. The Morgan fingerprint density at radius 1 is 0.957 bits per heavy atom. The van der Waals surface area contributed by atoms with Crippen LogP contribution in [0.5, 0.6) is 0 Å². The van der Waals surface area contributed by atoms with Gasteiger partial charge >= 0.3 is 0 Å². The highest BCUT2D eigenvalue weighted by molar-refractivity contribution is 5.96. The predicted octanol–water partition coefficient (Wildman–Crippen LogP) is 5.25.